The summed E-state index contributed by atoms with van der Waals surface area (Å²) in [6, 6.07) is 10.8. The molecule has 1 aliphatic carbocycles. The van der Waals surface area contributed by atoms with Crippen molar-refractivity contribution in [1.29, 1.82) is 0 Å². The Labute approximate surface area is 213 Å². The fourth-order valence-electron chi connectivity index (χ4n) is 4.65. The van der Waals surface area contributed by atoms with Crippen LogP contribution in [0.1, 0.15) is 62.1 Å². The van der Waals surface area contributed by atoms with Gasteiger partial charge in [0.2, 0.25) is 5.91 Å². The van der Waals surface area contributed by atoms with Crippen LogP contribution in [0.3, 0.4) is 0 Å². The normalized spacial score (nSPS) is 14.8. The van der Waals surface area contributed by atoms with Gasteiger partial charge in [0.05, 0.1) is 7.11 Å². The molecule has 0 bridgehead atoms. The molecule has 35 heavy (non-hydrogen) atoms. The van der Waals surface area contributed by atoms with Gasteiger partial charge in [-0.25, -0.2) is 0 Å². The largest absolute Gasteiger partial charge is 0.497 e. The maximum atomic E-state index is 13.5. The van der Waals surface area contributed by atoms with Crippen molar-refractivity contribution in [3.05, 3.63) is 58.1 Å². The summed E-state index contributed by atoms with van der Waals surface area (Å²) in [7, 11) is 1.61. The molecule has 1 fully saturated rings. The van der Waals surface area contributed by atoms with Gasteiger partial charge in [0.15, 0.2) is 6.61 Å². The molecule has 1 aliphatic rings. The molecule has 1 atom stereocenters. The number of benzene rings is 2. The highest BCUT2D eigenvalue weighted by atomic mass is 35.5. The van der Waals surface area contributed by atoms with Gasteiger partial charge in [-0.15, -0.1) is 0 Å². The van der Waals surface area contributed by atoms with Crippen molar-refractivity contribution in [2.45, 2.75) is 77.9 Å². The Kier molecular flexibility index (Phi) is 9.84. The summed E-state index contributed by atoms with van der Waals surface area (Å²) < 4.78 is 11.2. The maximum Gasteiger partial charge on any atom is 0.261 e. The number of rotatable bonds is 10. The van der Waals surface area contributed by atoms with Crippen LogP contribution in [0.15, 0.2) is 36.4 Å². The quantitative estimate of drug-likeness (QED) is 0.461. The van der Waals surface area contributed by atoms with Crippen molar-refractivity contribution in [1.82, 2.24) is 10.2 Å². The molecule has 0 aromatic heterocycles. The second-order valence-electron chi connectivity index (χ2n) is 9.30. The van der Waals surface area contributed by atoms with E-state index in [2.05, 4.69) is 5.32 Å². The van der Waals surface area contributed by atoms with Gasteiger partial charge in [0.1, 0.15) is 17.5 Å². The average Bonchev–Trinajstić information content (AvgIpc) is 2.86. The molecule has 0 radical (unpaired) electrons. The van der Waals surface area contributed by atoms with E-state index in [0.717, 1.165) is 42.4 Å². The first kappa shape index (κ1) is 26.9. The van der Waals surface area contributed by atoms with E-state index in [4.69, 9.17) is 21.1 Å². The summed E-state index contributed by atoms with van der Waals surface area (Å²) in [5.74, 6) is 0.939. The Balaban J connectivity index is 1.79. The molecule has 0 unspecified atom stereocenters. The smallest absolute Gasteiger partial charge is 0.261 e. The van der Waals surface area contributed by atoms with E-state index in [9.17, 15) is 9.59 Å². The highest BCUT2D eigenvalue weighted by Crippen LogP contribution is 2.26. The molecule has 2 aromatic rings. The van der Waals surface area contributed by atoms with E-state index >= 15 is 0 Å². The van der Waals surface area contributed by atoms with Crippen LogP contribution < -0.4 is 14.8 Å². The summed E-state index contributed by atoms with van der Waals surface area (Å²) in [5.41, 5.74) is 2.67. The zero-order chi connectivity index (χ0) is 25.4. The molecule has 0 heterocycles. The van der Waals surface area contributed by atoms with E-state index in [1.807, 2.05) is 57.2 Å². The van der Waals surface area contributed by atoms with Crippen LogP contribution in [0.25, 0.3) is 0 Å². The van der Waals surface area contributed by atoms with E-state index in [1.54, 1.807) is 12.0 Å². The number of aryl methyl sites for hydroxylation is 2. The third-order valence-corrected chi connectivity index (χ3v) is 7.19. The second-order valence-corrected chi connectivity index (χ2v) is 9.68. The zero-order valence-corrected chi connectivity index (χ0v) is 22.0. The summed E-state index contributed by atoms with van der Waals surface area (Å²) in [6.07, 6.45) is 5.96. The SMILES string of the molecule is CC[C@@H](C(=O)NC1CCCCC1)N(Cc1cccc(OC)c1)C(=O)COc1cc(C)c(Cl)c(C)c1. The average molecular weight is 501 g/mol. The zero-order valence-electron chi connectivity index (χ0n) is 21.2. The summed E-state index contributed by atoms with van der Waals surface area (Å²) >= 11 is 6.27. The number of nitrogens with zero attached hydrogens (tertiary/aromatic N) is 1. The van der Waals surface area contributed by atoms with Crippen LogP contribution >= 0.6 is 11.6 Å². The molecule has 0 aliphatic heterocycles. The summed E-state index contributed by atoms with van der Waals surface area (Å²) in [5, 5.41) is 3.88. The Bertz CT molecular complexity index is 997. The lowest BCUT2D eigenvalue weighted by molar-refractivity contribution is -0.143. The lowest BCUT2D eigenvalue weighted by atomic mass is 9.95. The van der Waals surface area contributed by atoms with Crippen LogP contribution in [0.2, 0.25) is 5.02 Å². The first-order chi connectivity index (χ1) is 16.8. The first-order valence-corrected chi connectivity index (χ1v) is 12.8. The van der Waals surface area contributed by atoms with Gasteiger partial charge in [-0.2, -0.15) is 0 Å². The molecule has 7 heteroatoms. The predicted octanol–water partition coefficient (Wildman–Crippen LogP) is 5.60. The van der Waals surface area contributed by atoms with Gasteiger partial charge < -0.3 is 19.7 Å². The van der Waals surface area contributed by atoms with Gasteiger partial charge in [-0.3, -0.25) is 9.59 Å². The third kappa shape index (κ3) is 7.38. The molecule has 2 amide bonds. The Morgan fingerprint density at radius 3 is 2.40 bits per heavy atom. The number of ether oxygens (including phenoxy) is 2. The number of methoxy groups -OCH3 is 1. The van der Waals surface area contributed by atoms with E-state index in [-0.39, 0.29) is 31.0 Å². The Morgan fingerprint density at radius 1 is 1.09 bits per heavy atom. The number of carbonyl (C=O) groups is 2. The van der Waals surface area contributed by atoms with E-state index < -0.39 is 6.04 Å². The highest BCUT2D eigenvalue weighted by Gasteiger charge is 2.30. The fraction of sp³-hybridized carbons (Fsp3) is 0.500. The first-order valence-electron chi connectivity index (χ1n) is 12.4. The number of halogens is 1. The summed E-state index contributed by atoms with van der Waals surface area (Å²) in [4.78, 5) is 28.4. The number of carbonyl (C=O) groups excluding carboxylic acids is 2. The molecule has 1 N–H and O–H groups in total. The van der Waals surface area contributed by atoms with E-state index in [0.29, 0.717) is 22.9 Å². The monoisotopic (exact) mass is 500 g/mol. The Hall–Kier alpha value is -2.73. The molecule has 1 saturated carbocycles. The van der Waals surface area contributed by atoms with Crippen LogP contribution in [-0.4, -0.2) is 42.5 Å². The summed E-state index contributed by atoms with van der Waals surface area (Å²) in [6.45, 7) is 5.86. The van der Waals surface area contributed by atoms with Gasteiger partial charge in [-0.05, 0) is 74.1 Å². The van der Waals surface area contributed by atoms with Gasteiger partial charge in [0, 0.05) is 17.6 Å². The van der Waals surface area contributed by atoms with E-state index in [1.165, 1.54) is 6.42 Å². The fourth-order valence-corrected chi connectivity index (χ4v) is 4.76. The van der Waals surface area contributed by atoms with Crippen molar-refractivity contribution in [2.75, 3.05) is 13.7 Å². The Morgan fingerprint density at radius 2 is 1.77 bits per heavy atom. The molecule has 2 aromatic carbocycles. The minimum atomic E-state index is -0.590. The van der Waals surface area contributed by atoms with Crippen molar-refractivity contribution in [2.24, 2.45) is 0 Å². The van der Waals surface area contributed by atoms with Crippen molar-refractivity contribution in [3.63, 3.8) is 0 Å². The topological polar surface area (TPSA) is 67.9 Å². The van der Waals surface area contributed by atoms with Gasteiger partial charge in [0.25, 0.3) is 5.91 Å². The van der Waals surface area contributed by atoms with Crippen molar-refractivity contribution < 1.29 is 19.1 Å². The predicted molar refractivity (Wildman–Crippen MR) is 139 cm³/mol. The second kappa shape index (κ2) is 12.8. The number of nitrogens with one attached hydrogen (secondary N) is 1. The lowest BCUT2D eigenvalue weighted by Crippen LogP contribution is -2.52. The van der Waals surface area contributed by atoms with Crippen molar-refractivity contribution >= 4 is 23.4 Å². The lowest BCUT2D eigenvalue weighted by Gasteiger charge is -2.32. The standard InChI is InChI=1S/C28H37ClN2O4/c1-5-25(28(33)30-22-11-7-6-8-12-22)31(17-21-10-9-13-23(16-21)34-4)26(32)18-35-24-14-19(2)27(29)20(3)15-24/h9-10,13-16,22,25H,5-8,11-12,17-18H2,1-4H3,(H,30,33)/t25-/m0/s1. The van der Waals surface area contributed by atoms with Crippen molar-refractivity contribution in [3.8, 4) is 11.5 Å². The minimum absolute atomic E-state index is 0.103. The third-order valence-electron chi connectivity index (χ3n) is 6.60. The van der Waals surface area contributed by atoms with Gasteiger partial charge in [-0.1, -0.05) is 49.9 Å². The molecule has 3 rings (SSSR count). The highest BCUT2D eigenvalue weighted by molar-refractivity contribution is 6.32. The van der Waals surface area contributed by atoms with Crippen LogP contribution in [0.5, 0.6) is 11.5 Å². The van der Waals surface area contributed by atoms with Crippen LogP contribution in [0, 0.1) is 13.8 Å². The van der Waals surface area contributed by atoms with Crippen LogP contribution in [-0.2, 0) is 16.1 Å². The number of amides is 2. The number of hydrogen-bond acceptors (Lipinski definition) is 4. The maximum absolute atomic E-state index is 13.5. The van der Waals surface area contributed by atoms with Gasteiger partial charge >= 0.3 is 0 Å². The molecule has 190 valence electrons. The molecule has 0 spiro atoms. The number of hydrogen-bond donors (Lipinski definition) is 1. The molecule has 6 nitrogen and oxygen atoms in total. The molecular formula is C28H37ClN2O4. The minimum Gasteiger partial charge on any atom is -0.497 e. The molecular weight excluding hydrogens is 464 g/mol. The van der Waals surface area contributed by atoms with Crippen LogP contribution in [0.4, 0.5) is 0 Å². The molecule has 0 saturated heterocycles.